The average molecular weight is 538 g/mol. The van der Waals surface area contributed by atoms with Crippen LogP contribution in [0.2, 0.25) is 0 Å². The number of fused-ring (bicyclic) bond motifs is 1. The highest BCUT2D eigenvalue weighted by atomic mass is 32.2. The molecule has 0 fully saturated rings. The van der Waals surface area contributed by atoms with Crippen molar-refractivity contribution in [3.05, 3.63) is 22.3 Å². The Morgan fingerprint density at radius 2 is 1.81 bits per heavy atom. The second-order valence-corrected chi connectivity index (χ2v) is 12.5. The molecule has 11 heteroatoms. The number of nitrogens with two attached hydrogens (primary N) is 2. The highest BCUT2D eigenvalue weighted by Crippen LogP contribution is 2.42. The van der Waals surface area contributed by atoms with Gasteiger partial charge < -0.3 is 26.3 Å². The van der Waals surface area contributed by atoms with Gasteiger partial charge in [-0.3, -0.25) is 9.79 Å². The lowest BCUT2D eigenvalue weighted by molar-refractivity contribution is -0.125. The Labute approximate surface area is 221 Å². The number of aliphatic imine (C=N–C) groups is 1. The van der Waals surface area contributed by atoms with Crippen molar-refractivity contribution in [1.29, 1.82) is 0 Å². The van der Waals surface area contributed by atoms with Crippen molar-refractivity contribution in [1.82, 2.24) is 10.0 Å². The molecular formula is C26H43N5O5S. The third kappa shape index (κ3) is 7.91. The van der Waals surface area contributed by atoms with Gasteiger partial charge in [0.1, 0.15) is 23.7 Å². The molecule has 2 atom stereocenters. The highest BCUT2D eigenvalue weighted by Gasteiger charge is 2.35. The molecule has 2 rings (SSSR count). The van der Waals surface area contributed by atoms with Crippen LogP contribution in [0.4, 0.5) is 0 Å². The standard InChI is InChI=1S/C26H43N5O5S/c1-15(2)13-19(14-32)30-24(33)21(9-8-12-29-25(27)28)31-37(34,35)23-17(4)16(3)22-20(18(23)5)10-11-26(6,7)36-22/h14-15,19,21,31H,8-13H2,1-7H3,(H,30,33)(H4,27,28,29)/t19-,21-/m0/s1. The van der Waals surface area contributed by atoms with Gasteiger partial charge in [-0.25, -0.2) is 8.42 Å². The van der Waals surface area contributed by atoms with Gasteiger partial charge in [0, 0.05) is 6.54 Å². The molecule has 1 aromatic carbocycles. The number of benzene rings is 1. The molecule has 0 unspecified atom stereocenters. The number of ether oxygens (including phenoxy) is 1. The van der Waals surface area contributed by atoms with Gasteiger partial charge >= 0.3 is 0 Å². The molecule has 208 valence electrons. The predicted octanol–water partition coefficient (Wildman–Crippen LogP) is 2.15. The summed E-state index contributed by atoms with van der Waals surface area (Å²) in [6.07, 6.45) is 3.07. The topological polar surface area (TPSA) is 166 Å². The van der Waals surface area contributed by atoms with Crippen LogP contribution in [0.3, 0.4) is 0 Å². The van der Waals surface area contributed by atoms with Gasteiger partial charge in [0.25, 0.3) is 0 Å². The maximum atomic E-state index is 13.8. The molecule has 0 aromatic heterocycles. The summed E-state index contributed by atoms with van der Waals surface area (Å²) in [5.41, 5.74) is 13.3. The van der Waals surface area contributed by atoms with Crippen LogP contribution >= 0.6 is 0 Å². The predicted molar refractivity (Wildman–Crippen MR) is 145 cm³/mol. The Morgan fingerprint density at radius 1 is 1.16 bits per heavy atom. The van der Waals surface area contributed by atoms with E-state index in [9.17, 15) is 18.0 Å². The Morgan fingerprint density at radius 3 is 2.38 bits per heavy atom. The number of carbonyl (C=O) groups excluding carboxylic acids is 2. The van der Waals surface area contributed by atoms with Crippen LogP contribution in [-0.2, 0) is 26.0 Å². The van der Waals surface area contributed by atoms with Gasteiger partial charge in [-0.15, -0.1) is 0 Å². The number of carbonyl (C=O) groups is 2. The summed E-state index contributed by atoms with van der Waals surface area (Å²) in [5, 5.41) is 2.68. The van der Waals surface area contributed by atoms with E-state index in [1.807, 2.05) is 34.6 Å². The number of sulfonamides is 1. The molecule has 1 heterocycles. The molecule has 1 aromatic rings. The van der Waals surface area contributed by atoms with E-state index < -0.39 is 28.0 Å². The molecule has 10 nitrogen and oxygen atoms in total. The number of rotatable bonds is 12. The van der Waals surface area contributed by atoms with Crippen LogP contribution in [0.1, 0.15) is 75.6 Å². The second kappa shape index (κ2) is 12.3. The highest BCUT2D eigenvalue weighted by molar-refractivity contribution is 7.89. The number of aldehydes is 1. The number of guanidine groups is 1. The molecule has 1 aliphatic heterocycles. The van der Waals surface area contributed by atoms with Crippen LogP contribution in [0.15, 0.2) is 9.89 Å². The van der Waals surface area contributed by atoms with E-state index in [-0.39, 0.29) is 35.3 Å². The van der Waals surface area contributed by atoms with Crippen molar-refractivity contribution in [3.8, 4) is 5.75 Å². The summed E-state index contributed by atoms with van der Waals surface area (Å²) in [6, 6.07) is -1.83. The van der Waals surface area contributed by atoms with Crippen molar-refractivity contribution in [2.45, 2.75) is 103 Å². The third-order valence-corrected chi connectivity index (χ3v) is 8.46. The van der Waals surface area contributed by atoms with Crippen molar-refractivity contribution in [2.75, 3.05) is 6.54 Å². The molecule has 0 radical (unpaired) electrons. The lowest BCUT2D eigenvalue weighted by atomic mass is 9.88. The molecule has 1 amide bonds. The Balaban J connectivity index is 2.42. The average Bonchev–Trinajstić information content (AvgIpc) is 2.77. The largest absolute Gasteiger partial charge is 0.487 e. The zero-order valence-electron chi connectivity index (χ0n) is 23.1. The first-order chi connectivity index (χ1) is 17.1. The summed E-state index contributed by atoms with van der Waals surface area (Å²) in [6.45, 7) is 13.5. The van der Waals surface area contributed by atoms with Gasteiger partial charge in [-0.1, -0.05) is 13.8 Å². The normalized spacial score (nSPS) is 16.3. The minimum Gasteiger partial charge on any atom is -0.487 e. The van der Waals surface area contributed by atoms with Crippen LogP contribution in [-0.4, -0.2) is 50.8 Å². The van der Waals surface area contributed by atoms with Crippen LogP contribution < -0.4 is 26.2 Å². The third-order valence-electron chi connectivity index (χ3n) is 6.71. The Hall–Kier alpha value is -2.66. The number of nitrogens with one attached hydrogen (secondary N) is 2. The second-order valence-electron chi connectivity index (χ2n) is 10.9. The molecule has 6 N–H and O–H groups in total. The minimum atomic E-state index is -4.11. The first-order valence-electron chi connectivity index (χ1n) is 12.7. The zero-order chi connectivity index (χ0) is 28.1. The smallest absolute Gasteiger partial charge is 0.241 e. The van der Waals surface area contributed by atoms with Crippen molar-refractivity contribution >= 4 is 28.2 Å². The quantitative estimate of drug-likeness (QED) is 0.137. The molecule has 0 spiro atoms. The lowest BCUT2D eigenvalue weighted by Gasteiger charge is -2.35. The maximum Gasteiger partial charge on any atom is 0.241 e. The van der Waals surface area contributed by atoms with E-state index in [0.29, 0.717) is 36.7 Å². The summed E-state index contributed by atoms with van der Waals surface area (Å²) in [4.78, 5) is 28.8. The molecule has 0 saturated carbocycles. The van der Waals surface area contributed by atoms with Gasteiger partial charge in [0.15, 0.2) is 5.96 Å². The van der Waals surface area contributed by atoms with Crippen LogP contribution in [0.25, 0.3) is 0 Å². The summed E-state index contributed by atoms with van der Waals surface area (Å²) in [7, 11) is -4.11. The Kier molecular flexibility index (Phi) is 10.1. The SMILES string of the molecule is Cc1c(C)c(S(=O)(=O)N[C@@H](CCCN=C(N)N)C(=O)N[C@H](C=O)CC(C)C)c(C)c2c1OC(C)(C)CC2. The van der Waals surface area contributed by atoms with Gasteiger partial charge in [0.05, 0.1) is 10.9 Å². The van der Waals surface area contributed by atoms with Crippen LogP contribution in [0, 0.1) is 26.7 Å². The van der Waals surface area contributed by atoms with Gasteiger partial charge in [-0.05, 0) is 94.9 Å². The first-order valence-corrected chi connectivity index (χ1v) is 14.2. The molecule has 0 bridgehead atoms. The monoisotopic (exact) mass is 537 g/mol. The first kappa shape index (κ1) is 30.6. The van der Waals surface area contributed by atoms with E-state index in [1.165, 1.54) is 0 Å². The van der Waals surface area contributed by atoms with Crippen molar-refractivity contribution in [2.24, 2.45) is 22.4 Å². The van der Waals surface area contributed by atoms with E-state index >= 15 is 0 Å². The fraction of sp³-hybridized carbons (Fsp3) is 0.654. The van der Waals surface area contributed by atoms with Crippen LogP contribution in [0.5, 0.6) is 5.75 Å². The number of hydrogen-bond donors (Lipinski definition) is 4. The van der Waals surface area contributed by atoms with Crippen molar-refractivity contribution < 1.29 is 22.7 Å². The zero-order valence-corrected chi connectivity index (χ0v) is 23.9. The molecule has 0 saturated heterocycles. The fourth-order valence-electron chi connectivity index (χ4n) is 4.68. The molecule has 1 aliphatic rings. The number of nitrogens with zero attached hydrogens (tertiary/aromatic N) is 1. The van der Waals surface area contributed by atoms with E-state index in [4.69, 9.17) is 16.2 Å². The maximum absolute atomic E-state index is 13.8. The molecule has 37 heavy (non-hydrogen) atoms. The summed E-state index contributed by atoms with van der Waals surface area (Å²) in [5.74, 6) is 0.254. The van der Waals surface area contributed by atoms with E-state index in [0.717, 1.165) is 23.3 Å². The molecular weight excluding hydrogens is 494 g/mol. The minimum absolute atomic E-state index is 0.0827. The lowest BCUT2D eigenvalue weighted by Crippen LogP contribution is -2.50. The summed E-state index contributed by atoms with van der Waals surface area (Å²) >= 11 is 0. The molecule has 0 aliphatic carbocycles. The van der Waals surface area contributed by atoms with E-state index in [2.05, 4.69) is 15.0 Å². The van der Waals surface area contributed by atoms with Crippen molar-refractivity contribution in [3.63, 3.8) is 0 Å². The Bertz CT molecular complexity index is 1140. The van der Waals surface area contributed by atoms with Gasteiger partial charge in [-0.2, -0.15) is 4.72 Å². The number of amides is 1. The summed E-state index contributed by atoms with van der Waals surface area (Å²) < 4.78 is 36.3. The van der Waals surface area contributed by atoms with E-state index in [1.54, 1.807) is 13.8 Å². The number of hydrogen-bond acceptors (Lipinski definition) is 6. The van der Waals surface area contributed by atoms with Gasteiger partial charge in [0.2, 0.25) is 15.9 Å². The fourth-order valence-corrected chi connectivity index (χ4v) is 6.48.